The van der Waals surface area contributed by atoms with Crippen LogP contribution in [0.15, 0.2) is 36.0 Å². The van der Waals surface area contributed by atoms with E-state index in [1.54, 1.807) is 19.2 Å². The lowest BCUT2D eigenvalue weighted by Gasteiger charge is -2.30. The smallest absolute Gasteiger partial charge is 0.272 e. The van der Waals surface area contributed by atoms with Crippen molar-refractivity contribution in [2.45, 2.75) is 6.42 Å². The largest absolute Gasteiger partial charge is 0.495 e. The Bertz CT molecular complexity index is 967. The molecule has 2 heterocycles. The molecule has 1 amide bonds. The molecule has 0 bridgehead atoms. The summed E-state index contributed by atoms with van der Waals surface area (Å²) in [4.78, 5) is 18.2. The Kier molecular flexibility index (Phi) is 5.86. The van der Waals surface area contributed by atoms with E-state index in [0.717, 1.165) is 12.1 Å². The summed E-state index contributed by atoms with van der Waals surface area (Å²) in [5.74, 6) is -3.97. The van der Waals surface area contributed by atoms with Gasteiger partial charge in [-0.1, -0.05) is 0 Å². The minimum atomic E-state index is -1.54. The third-order valence-corrected chi connectivity index (χ3v) is 4.65. The van der Waals surface area contributed by atoms with Crippen LogP contribution >= 0.6 is 0 Å². The number of carbonyl (C=O) groups excluding carboxylic acids is 1. The van der Waals surface area contributed by atoms with Crippen LogP contribution in [0.5, 0.6) is 5.75 Å². The van der Waals surface area contributed by atoms with E-state index < -0.39 is 17.5 Å². The van der Waals surface area contributed by atoms with Gasteiger partial charge in [-0.15, -0.1) is 0 Å². The molecule has 2 aromatic rings. The van der Waals surface area contributed by atoms with E-state index in [0.29, 0.717) is 23.6 Å². The number of aromatic nitrogens is 1. The van der Waals surface area contributed by atoms with Gasteiger partial charge in [0.25, 0.3) is 5.91 Å². The van der Waals surface area contributed by atoms with Crippen LogP contribution in [0.2, 0.25) is 0 Å². The number of halogens is 3. The molecule has 6 nitrogen and oxygen atoms in total. The highest BCUT2D eigenvalue weighted by Crippen LogP contribution is 2.26. The molecule has 0 saturated carbocycles. The van der Waals surface area contributed by atoms with Crippen LogP contribution in [-0.2, 0) is 0 Å². The van der Waals surface area contributed by atoms with Crippen molar-refractivity contribution in [3.63, 3.8) is 0 Å². The fraction of sp³-hybridized carbons (Fsp3) is 0.250. The SMILES string of the molecule is CN/C(=C1/CCN(C(=O)c2ccc(OC)cn2)CC1=N)c1cc(F)c(F)c(F)c1. The van der Waals surface area contributed by atoms with Gasteiger partial charge in [-0.2, -0.15) is 0 Å². The van der Waals surface area contributed by atoms with Gasteiger partial charge in [0.1, 0.15) is 11.4 Å². The fourth-order valence-corrected chi connectivity index (χ4v) is 3.17. The van der Waals surface area contributed by atoms with Gasteiger partial charge in [-0.3, -0.25) is 4.79 Å². The van der Waals surface area contributed by atoms with Gasteiger partial charge in [0, 0.05) is 30.4 Å². The Labute approximate surface area is 165 Å². The van der Waals surface area contributed by atoms with Gasteiger partial charge in [-0.25, -0.2) is 18.2 Å². The van der Waals surface area contributed by atoms with Crippen LogP contribution in [0.4, 0.5) is 13.2 Å². The summed E-state index contributed by atoms with van der Waals surface area (Å²) in [5, 5.41) is 11.2. The van der Waals surface area contributed by atoms with Crippen molar-refractivity contribution in [2.75, 3.05) is 27.2 Å². The van der Waals surface area contributed by atoms with Crippen molar-refractivity contribution in [1.29, 1.82) is 5.41 Å². The van der Waals surface area contributed by atoms with E-state index in [9.17, 15) is 18.0 Å². The molecule has 1 fully saturated rings. The maximum atomic E-state index is 13.6. The van der Waals surface area contributed by atoms with E-state index in [4.69, 9.17) is 10.1 Å². The van der Waals surface area contributed by atoms with Gasteiger partial charge < -0.3 is 20.4 Å². The molecule has 2 N–H and O–H groups in total. The third kappa shape index (κ3) is 4.08. The van der Waals surface area contributed by atoms with Gasteiger partial charge in [-0.05, 0) is 30.7 Å². The molecule has 3 rings (SSSR count). The summed E-state index contributed by atoms with van der Waals surface area (Å²) in [6.45, 7) is 0.306. The maximum absolute atomic E-state index is 13.6. The summed E-state index contributed by atoms with van der Waals surface area (Å²) in [7, 11) is 3.05. The van der Waals surface area contributed by atoms with E-state index >= 15 is 0 Å². The van der Waals surface area contributed by atoms with Crippen LogP contribution in [0.1, 0.15) is 22.5 Å². The monoisotopic (exact) mass is 404 g/mol. The molecule has 0 aliphatic carbocycles. The average molecular weight is 404 g/mol. The molecule has 1 aromatic carbocycles. The molecule has 1 saturated heterocycles. The van der Waals surface area contributed by atoms with Crippen molar-refractivity contribution in [3.8, 4) is 5.75 Å². The Balaban J connectivity index is 1.84. The van der Waals surface area contributed by atoms with E-state index in [1.165, 1.54) is 18.2 Å². The highest BCUT2D eigenvalue weighted by atomic mass is 19.2. The van der Waals surface area contributed by atoms with E-state index in [1.807, 2.05) is 0 Å². The van der Waals surface area contributed by atoms with Gasteiger partial charge in [0.2, 0.25) is 0 Å². The lowest BCUT2D eigenvalue weighted by atomic mass is 9.95. The predicted molar refractivity (Wildman–Crippen MR) is 101 cm³/mol. The first kappa shape index (κ1) is 20.4. The number of piperidine rings is 1. The molecular formula is C20H19F3N4O2. The normalized spacial score (nSPS) is 15.9. The zero-order chi connectivity index (χ0) is 21.1. The van der Waals surface area contributed by atoms with Gasteiger partial charge in [0.05, 0.1) is 25.6 Å². The Morgan fingerprint density at radius 1 is 1.24 bits per heavy atom. The van der Waals surface area contributed by atoms with Crippen LogP contribution in [0.25, 0.3) is 5.70 Å². The summed E-state index contributed by atoms with van der Waals surface area (Å²) in [5.41, 5.74) is 1.27. The second-order valence-electron chi connectivity index (χ2n) is 6.40. The average Bonchev–Trinajstić information content (AvgIpc) is 2.73. The quantitative estimate of drug-likeness (QED) is 0.768. The minimum absolute atomic E-state index is 0.0131. The lowest BCUT2D eigenvalue weighted by molar-refractivity contribution is 0.0769. The molecule has 0 atom stereocenters. The summed E-state index contributed by atoms with van der Waals surface area (Å²) in [6, 6.07) is 4.92. The van der Waals surface area contributed by atoms with Crippen LogP contribution in [-0.4, -0.2) is 48.7 Å². The maximum Gasteiger partial charge on any atom is 0.272 e. The number of rotatable bonds is 4. The van der Waals surface area contributed by atoms with Crippen molar-refractivity contribution >= 4 is 17.3 Å². The number of methoxy groups -OCH3 is 1. The molecule has 1 aliphatic heterocycles. The molecule has 9 heteroatoms. The minimum Gasteiger partial charge on any atom is -0.495 e. The highest BCUT2D eigenvalue weighted by Gasteiger charge is 2.27. The zero-order valence-corrected chi connectivity index (χ0v) is 15.9. The third-order valence-electron chi connectivity index (χ3n) is 4.65. The Hall–Kier alpha value is -3.36. The molecule has 0 radical (unpaired) electrons. The number of hydrogen-bond acceptors (Lipinski definition) is 5. The number of pyridine rings is 1. The van der Waals surface area contributed by atoms with Crippen molar-refractivity contribution in [3.05, 3.63) is 64.7 Å². The standard InChI is InChI=1S/C20H19F3N4O2/c1-25-19(11-7-14(21)18(23)15(22)8-11)13-5-6-27(10-16(13)24)20(28)17-4-3-12(29-2)9-26-17/h3-4,7-9,24-25H,5-6,10H2,1-2H3/b19-13-,24-16?. The van der Waals surface area contributed by atoms with Gasteiger partial charge >= 0.3 is 0 Å². The first-order valence-electron chi connectivity index (χ1n) is 8.78. The lowest BCUT2D eigenvalue weighted by Crippen LogP contribution is -2.42. The number of nitrogens with one attached hydrogen (secondary N) is 2. The van der Waals surface area contributed by atoms with Crippen LogP contribution in [0, 0.1) is 22.9 Å². The van der Waals surface area contributed by atoms with Crippen molar-refractivity contribution in [1.82, 2.24) is 15.2 Å². The number of nitrogens with zero attached hydrogens (tertiary/aromatic N) is 2. The summed E-state index contributed by atoms with van der Waals surface area (Å²) < 4.78 is 45.5. The number of likely N-dealkylation sites (tertiary alicyclic amines) is 1. The molecule has 1 aromatic heterocycles. The molecule has 152 valence electrons. The number of hydrogen-bond donors (Lipinski definition) is 2. The topological polar surface area (TPSA) is 78.3 Å². The van der Waals surface area contributed by atoms with Crippen LogP contribution < -0.4 is 10.1 Å². The predicted octanol–water partition coefficient (Wildman–Crippen LogP) is 3.00. The molecule has 29 heavy (non-hydrogen) atoms. The fourth-order valence-electron chi connectivity index (χ4n) is 3.17. The van der Waals surface area contributed by atoms with Crippen LogP contribution in [0.3, 0.4) is 0 Å². The Morgan fingerprint density at radius 2 is 1.93 bits per heavy atom. The summed E-state index contributed by atoms with van der Waals surface area (Å²) in [6.07, 6.45) is 1.72. The van der Waals surface area contributed by atoms with E-state index in [2.05, 4.69) is 10.3 Å². The van der Waals surface area contributed by atoms with E-state index in [-0.39, 0.29) is 35.8 Å². The molecule has 0 unspecified atom stereocenters. The number of amides is 1. The Morgan fingerprint density at radius 3 is 2.45 bits per heavy atom. The number of carbonyl (C=O) groups is 1. The number of ether oxygens (including phenoxy) is 1. The van der Waals surface area contributed by atoms with Gasteiger partial charge in [0.15, 0.2) is 17.5 Å². The second kappa shape index (κ2) is 8.34. The molecular weight excluding hydrogens is 385 g/mol. The second-order valence-corrected chi connectivity index (χ2v) is 6.40. The molecule has 1 aliphatic rings. The number of benzene rings is 1. The first-order valence-corrected chi connectivity index (χ1v) is 8.78. The first-order chi connectivity index (χ1) is 13.8. The molecule has 0 spiro atoms. The van der Waals surface area contributed by atoms with Crippen molar-refractivity contribution < 1.29 is 22.7 Å². The zero-order valence-electron chi connectivity index (χ0n) is 15.9. The highest BCUT2D eigenvalue weighted by molar-refractivity contribution is 6.08. The van der Waals surface area contributed by atoms with Crippen molar-refractivity contribution in [2.24, 2.45) is 0 Å². The summed E-state index contributed by atoms with van der Waals surface area (Å²) >= 11 is 0.